The molecule has 1 saturated heterocycles. The van der Waals surface area contributed by atoms with Crippen molar-refractivity contribution in [1.29, 1.82) is 0 Å². The summed E-state index contributed by atoms with van der Waals surface area (Å²) in [5.74, 6) is 7.04. The number of thiol groups is 1. The molecule has 2 unspecified atom stereocenters. The van der Waals surface area contributed by atoms with Crippen molar-refractivity contribution in [2.45, 2.75) is 30.1 Å². The van der Waals surface area contributed by atoms with Crippen molar-refractivity contribution < 1.29 is 0 Å². The molecule has 0 spiro atoms. The van der Waals surface area contributed by atoms with Crippen molar-refractivity contribution in [2.75, 3.05) is 18.8 Å². The highest BCUT2D eigenvalue weighted by atomic mass is 32.2. The van der Waals surface area contributed by atoms with Crippen LogP contribution in [0.3, 0.4) is 0 Å². The molecule has 4 rings (SSSR count). The highest BCUT2D eigenvalue weighted by molar-refractivity contribution is 8.13. The molecule has 4 heteroatoms. The minimum absolute atomic E-state index is 0.0459. The molecule has 0 aliphatic carbocycles. The minimum Gasteiger partial charge on any atom is -0.358 e. The second kappa shape index (κ2) is 7.38. The van der Waals surface area contributed by atoms with Crippen LogP contribution in [0.1, 0.15) is 35.4 Å². The molecule has 1 fully saturated rings. The van der Waals surface area contributed by atoms with Crippen molar-refractivity contribution in [3.05, 3.63) is 65.2 Å². The Kier molecular flexibility index (Phi) is 5.00. The molecular formula is C21H24N2S2. The lowest BCUT2D eigenvalue weighted by Gasteiger charge is -2.38. The van der Waals surface area contributed by atoms with E-state index < -0.39 is 0 Å². The summed E-state index contributed by atoms with van der Waals surface area (Å²) in [4.78, 5) is 3.49. The Bertz CT molecular complexity index is 794. The SMILES string of the molecule is C=S1CCN2CCCC(c3ccc(Cc4ccc(S)cc4)cc3)C2=N1. The van der Waals surface area contributed by atoms with Gasteiger partial charge in [-0.25, -0.2) is 4.40 Å². The monoisotopic (exact) mass is 368 g/mol. The van der Waals surface area contributed by atoms with E-state index in [1.807, 2.05) is 0 Å². The molecule has 2 aliphatic heterocycles. The Morgan fingerprint density at radius 3 is 2.44 bits per heavy atom. The molecule has 2 aliphatic rings. The van der Waals surface area contributed by atoms with Gasteiger partial charge < -0.3 is 4.90 Å². The number of amidine groups is 1. The maximum Gasteiger partial charge on any atom is 0.119 e. The molecule has 2 nitrogen and oxygen atoms in total. The first kappa shape index (κ1) is 16.9. The van der Waals surface area contributed by atoms with Gasteiger partial charge in [-0.1, -0.05) is 52.9 Å². The lowest BCUT2D eigenvalue weighted by molar-refractivity contribution is 0.371. The molecule has 130 valence electrons. The van der Waals surface area contributed by atoms with E-state index >= 15 is 0 Å². The molecule has 0 bridgehead atoms. The third-order valence-electron chi connectivity index (χ3n) is 5.10. The zero-order valence-corrected chi connectivity index (χ0v) is 16.1. The predicted molar refractivity (Wildman–Crippen MR) is 114 cm³/mol. The molecule has 0 radical (unpaired) electrons. The molecular weight excluding hydrogens is 344 g/mol. The number of hydrogen-bond acceptors (Lipinski definition) is 3. The molecule has 0 saturated carbocycles. The van der Waals surface area contributed by atoms with E-state index in [2.05, 4.69) is 71.9 Å². The highest BCUT2D eigenvalue weighted by Crippen LogP contribution is 2.34. The van der Waals surface area contributed by atoms with E-state index in [1.54, 1.807) is 0 Å². The second-order valence-electron chi connectivity index (χ2n) is 6.88. The van der Waals surface area contributed by atoms with E-state index in [0.717, 1.165) is 30.2 Å². The average Bonchev–Trinajstić information content (AvgIpc) is 2.64. The molecule has 0 N–H and O–H groups in total. The Hall–Kier alpha value is -1.52. The zero-order valence-electron chi connectivity index (χ0n) is 14.4. The van der Waals surface area contributed by atoms with E-state index in [-0.39, 0.29) is 10.7 Å². The Labute approximate surface area is 158 Å². The maximum atomic E-state index is 4.91. The van der Waals surface area contributed by atoms with Gasteiger partial charge in [0.25, 0.3) is 0 Å². The number of rotatable bonds is 3. The van der Waals surface area contributed by atoms with E-state index in [4.69, 9.17) is 4.40 Å². The van der Waals surface area contributed by atoms with Gasteiger partial charge in [-0.3, -0.25) is 0 Å². The number of hydrogen-bond donors (Lipinski definition) is 1. The van der Waals surface area contributed by atoms with Crippen molar-refractivity contribution >= 4 is 35.0 Å². The van der Waals surface area contributed by atoms with Gasteiger partial charge in [0.15, 0.2) is 0 Å². The zero-order chi connectivity index (χ0) is 17.2. The fourth-order valence-electron chi connectivity index (χ4n) is 3.72. The summed E-state index contributed by atoms with van der Waals surface area (Å²) in [7, 11) is -0.0459. The number of nitrogens with zero attached hydrogens (tertiary/aromatic N) is 2. The summed E-state index contributed by atoms with van der Waals surface area (Å²) in [6, 6.07) is 17.6. The van der Waals surface area contributed by atoms with Gasteiger partial charge in [-0.2, -0.15) is 0 Å². The van der Waals surface area contributed by atoms with Crippen LogP contribution in [0.5, 0.6) is 0 Å². The predicted octanol–water partition coefficient (Wildman–Crippen LogP) is 4.77. The highest BCUT2D eigenvalue weighted by Gasteiger charge is 2.29. The van der Waals surface area contributed by atoms with Crippen molar-refractivity contribution in [3.63, 3.8) is 0 Å². The molecule has 25 heavy (non-hydrogen) atoms. The fraction of sp³-hybridized carbons (Fsp3) is 0.333. The Balaban J connectivity index is 1.53. The third kappa shape index (κ3) is 3.85. The lowest BCUT2D eigenvalue weighted by Crippen LogP contribution is -2.43. The van der Waals surface area contributed by atoms with Crippen LogP contribution in [0.4, 0.5) is 0 Å². The van der Waals surface area contributed by atoms with Crippen LogP contribution in [0.2, 0.25) is 0 Å². The molecule has 2 aromatic carbocycles. The summed E-state index contributed by atoms with van der Waals surface area (Å²) in [6.07, 6.45) is 3.43. The lowest BCUT2D eigenvalue weighted by atomic mass is 9.88. The quantitative estimate of drug-likeness (QED) is 0.609. The van der Waals surface area contributed by atoms with Crippen LogP contribution in [0.15, 0.2) is 57.8 Å². The van der Waals surface area contributed by atoms with Crippen molar-refractivity contribution in [1.82, 2.24) is 4.90 Å². The molecule has 2 heterocycles. The summed E-state index contributed by atoms with van der Waals surface area (Å²) < 4.78 is 4.91. The van der Waals surface area contributed by atoms with Gasteiger partial charge in [0.1, 0.15) is 5.84 Å². The molecule has 0 aromatic heterocycles. The van der Waals surface area contributed by atoms with E-state index in [1.165, 1.54) is 35.4 Å². The number of benzene rings is 2. The van der Waals surface area contributed by atoms with Crippen LogP contribution in [0, 0.1) is 0 Å². The third-order valence-corrected chi connectivity index (χ3v) is 6.50. The van der Waals surface area contributed by atoms with Gasteiger partial charge in [-0.15, -0.1) is 12.6 Å². The standard InChI is InChI=1S/C21H24N2S2/c1-25-14-13-23-12-2-3-20(21(23)22-25)18-8-4-16(5-9-18)15-17-6-10-19(24)11-7-17/h4-11,20,24H,1-3,12-15H2. The number of piperidine rings is 1. The Morgan fingerprint density at radius 1 is 1.04 bits per heavy atom. The molecule has 2 atom stereocenters. The minimum atomic E-state index is -0.0459. The summed E-state index contributed by atoms with van der Waals surface area (Å²) in [6.45, 7) is 2.28. The average molecular weight is 369 g/mol. The van der Waals surface area contributed by atoms with Crippen LogP contribution in [-0.4, -0.2) is 35.4 Å². The molecule has 0 amide bonds. The van der Waals surface area contributed by atoms with E-state index in [9.17, 15) is 0 Å². The fourth-order valence-corrected chi connectivity index (χ4v) is 4.90. The maximum absolute atomic E-state index is 4.91. The van der Waals surface area contributed by atoms with Crippen molar-refractivity contribution in [2.24, 2.45) is 4.40 Å². The van der Waals surface area contributed by atoms with E-state index in [0.29, 0.717) is 5.92 Å². The van der Waals surface area contributed by atoms with Gasteiger partial charge in [0.05, 0.1) is 0 Å². The second-order valence-corrected chi connectivity index (χ2v) is 8.91. The Morgan fingerprint density at radius 2 is 1.72 bits per heavy atom. The van der Waals surface area contributed by atoms with Gasteiger partial charge in [0.2, 0.25) is 0 Å². The van der Waals surface area contributed by atoms with Crippen LogP contribution in [-0.2, 0) is 6.42 Å². The van der Waals surface area contributed by atoms with Crippen LogP contribution < -0.4 is 0 Å². The first-order valence-corrected chi connectivity index (χ1v) is 10.9. The number of fused-ring (bicyclic) bond motifs is 1. The van der Waals surface area contributed by atoms with Gasteiger partial charge >= 0.3 is 0 Å². The summed E-state index contributed by atoms with van der Waals surface area (Å²) >= 11 is 4.35. The van der Waals surface area contributed by atoms with Crippen LogP contribution >= 0.6 is 23.3 Å². The normalized spacial score (nSPS) is 23.1. The largest absolute Gasteiger partial charge is 0.358 e. The topological polar surface area (TPSA) is 15.6 Å². The van der Waals surface area contributed by atoms with Gasteiger partial charge in [0, 0.05) is 29.7 Å². The van der Waals surface area contributed by atoms with Crippen LogP contribution in [0.25, 0.3) is 0 Å². The van der Waals surface area contributed by atoms with Gasteiger partial charge in [-0.05, 0) is 48.1 Å². The summed E-state index contributed by atoms with van der Waals surface area (Å²) in [5, 5.41) is 0. The molecule has 2 aromatic rings. The first-order chi connectivity index (χ1) is 12.2. The first-order valence-electron chi connectivity index (χ1n) is 8.90. The summed E-state index contributed by atoms with van der Waals surface area (Å²) in [5.41, 5.74) is 4.08. The van der Waals surface area contributed by atoms with Crippen molar-refractivity contribution in [3.8, 4) is 0 Å². The smallest absolute Gasteiger partial charge is 0.119 e.